The highest BCUT2D eigenvalue weighted by molar-refractivity contribution is 5.82. The second-order valence-electron chi connectivity index (χ2n) is 9.05. The topological polar surface area (TPSA) is 66.9 Å². The normalized spacial score (nSPS) is 18.9. The van der Waals surface area contributed by atoms with E-state index >= 15 is 0 Å². The Hall–Kier alpha value is -3.74. The Morgan fingerprint density at radius 3 is 2.69 bits per heavy atom. The van der Waals surface area contributed by atoms with Gasteiger partial charge in [-0.05, 0) is 42.3 Å². The van der Waals surface area contributed by atoms with Gasteiger partial charge in [-0.15, -0.1) is 0 Å². The second kappa shape index (κ2) is 10.3. The Morgan fingerprint density at radius 1 is 1.03 bits per heavy atom. The van der Waals surface area contributed by atoms with Gasteiger partial charge in [0.25, 0.3) is 0 Å². The molecule has 0 saturated carbocycles. The molecule has 0 bridgehead atoms. The molecule has 7 nitrogen and oxygen atoms in total. The minimum absolute atomic E-state index is 0.0446. The summed E-state index contributed by atoms with van der Waals surface area (Å²) in [4.78, 5) is 22.6. The van der Waals surface area contributed by atoms with Crippen LogP contribution in [0.2, 0.25) is 0 Å². The smallest absolute Gasteiger partial charge is 0.225 e. The minimum atomic E-state index is -0.155. The first-order valence-corrected chi connectivity index (χ1v) is 12.2. The number of amides is 1. The van der Waals surface area contributed by atoms with Crippen molar-refractivity contribution in [2.45, 2.75) is 18.9 Å². The van der Waals surface area contributed by atoms with E-state index in [9.17, 15) is 4.79 Å². The summed E-state index contributed by atoms with van der Waals surface area (Å²) in [5.41, 5.74) is 4.42. The number of ether oxygens (including phenoxy) is 2. The van der Waals surface area contributed by atoms with Crippen molar-refractivity contribution in [2.75, 3.05) is 50.2 Å². The number of carbonyl (C=O) groups is 1. The number of piperazine rings is 1. The van der Waals surface area contributed by atoms with Crippen molar-refractivity contribution in [1.82, 2.24) is 10.3 Å². The Bertz CT molecular complexity index is 1170. The molecule has 1 fully saturated rings. The SMILES string of the molecule is COc1ccc2c(c1)N1CCN(c3ccccc3OC)C[C@H]1[C@H](C(=O)NCCc1ccccn1)C2. The molecule has 3 aromatic rings. The van der Waals surface area contributed by atoms with Gasteiger partial charge in [-0.3, -0.25) is 9.78 Å². The molecule has 2 aromatic carbocycles. The highest BCUT2D eigenvalue weighted by atomic mass is 16.5. The van der Waals surface area contributed by atoms with E-state index in [0.29, 0.717) is 13.0 Å². The number of hydrogen-bond acceptors (Lipinski definition) is 6. The van der Waals surface area contributed by atoms with Crippen molar-refractivity contribution in [2.24, 2.45) is 5.92 Å². The molecule has 2 aliphatic heterocycles. The third-order valence-electron chi connectivity index (χ3n) is 7.09. The standard InChI is InChI=1S/C28H32N4O3/c1-34-22-11-10-20-17-23(28(33)30-14-12-21-7-5-6-13-29-21)26-19-31(15-16-32(26)25(20)18-22)24-8-3-4-9-27(24)35-2/h3-11,13,18,23,26H,12,14-17,19H2,1-2H3,(H,30,33)/t23-,26+/m1/s1. The van der Waals surface area contributed by atoms with E-state index < -0.39 is 0 Å². The van der Waals surface area contributed by atoms with Crippen LogP contribution in [0.3, 0.4) is 0 Å². The highest BCUT2D eigenvalue weighted by Crippen LogP contribution is 2.40. The lowest BCUT2D eigenvalue weighted by atomic mass is 9.83. The van der Waals surface area contributed by atoms with Crippen LogP contribution in [0, 0.1) is 5.92 Å². The van der Waals surface area contributed by atoms with Crippen LogP contribution in [0.25, 0.3) is 0 Å². The molecule has 35 heavy (non-hydrogen) atoms. The van der Waals surface area contributed by atoms with Gasteiger partial charge in [-0.2, -0.15) is 0 Å². The number of aromatic nitrogens is 1. The van der Waals surface area contributed by atoms with E-state index in [4.69, 9.17) is 9.47 Å². The van der Waals surface area contributed by atoms with E-state index in [1.807, 2.05) is 42.5 Å². The summed E-state index contributed by atoms with van der Waals surface area (Å²) in [5, 5.41) is 3.19. The quantitative estimate of drug-likeness (QED) is 0.569. The third kappa shape index (κ3) is 4.76. The Balaban J connectivity index is 1.39. The van der Waals surface area contributed by atoms with Gasteiger partial charge in [0.05, 0.1) is 31.9 Å². The van der Waals surface area contributed by atoms with Crippen molar-refractivity contribution in [3.8, 4) is 11.5 Å². The molecule has 2 atom stereocenters. The number of hydrogen-bond donors (Lipinski definition) is 1. The van der Waals surface area contributed by atoms with E-state index in [0.717, 1.165) is 48.9 Å². The summed E-state index contributed by atoms with van der Waals surface area (Å²) in [6.07, 6.45) is 3.21. The molecule has 3 heterocycles. The zero-order valence-electron chi connectivity index (χ0n) is 20.3. The molecule has 1 N–H and O–H groups in total. The average Bonchev–Trinajstić information content (AvgIpc) is 2.92. The van der Waals surface area contributed by atoms with Crippen LogP contribution in [-0.4, -0.2) is 57.3 Å². The lowest BCUT2D eigenvalue weighted by Crippen LogP contribution is -2.61. The maximum atomic E-state index is 13.5. The number of methoxy groups -OCH3 is 2. The van der Waals surface area contributed by atoms with Gasteiger partial charge in [0.15, 0.2) is 0 Å². The third-order valence-corrected chi connectivity index (χ3v) is 7.09. The number of pyridine rings is 1. The second-order valence-corrected chi connectivity index (χ2v) is 9.05. The van der Waals surface area contributed by atoms with Crippen molar-refractivity contribution in [3.63, 3.8) is 0 Å². The highest BCUT2D eigenvalue weighted by Gasteiger charge is 2.42. The molecule has 0 aliphatic carbocycles. The number of anilines is 2. The fraction of sp³-hybridized carbons (Fsp3) is 0.357. The lowest BCUT2D eigenvalue weighted by molar-refractivity contribution is -0.125. The van der Waals surface area contributed by atoms with Gasteiger partial charge in [0.1, 0.15) is 11.5 Å². The Kier molecular flexibility index (Phi) is 6.75. The summed E-state index contributed by atoms with van der Waals surface area (Å²) >= 11 is 0. The average molecular weight is 473 g/mol. The first kappa shape index (κ1) is 23.0. The zero-order valence-corrected chi connectivity index (χ0v) is 20.3. The van der Waals surface area contributed by atoms with Crippen molar-refractivity contribution >= 4 is 17.3 Å². The summed E-state index contributed by atoms with van der Waals surface area (Å²) in [5.74, 6) is 1.64. The largest absolute Gasteiger partial charge is 0.497 e. The fourth-order valence-electron chi connectivity index (χ4n) is 5.31. The summed E-state index contributed by atoms with van der Waals surface area (Å²) < 4.78 is 11.1. The molecule has 0 radical (unpaired) electrons. The van der Waals surface area contributed by atoms with Gasteiger partial charge in [0, 0.05) is 56.2 Å². The predicted molar refractivity (Wildman–Crippen MR) is 137 cm³/mol. The van der Waals surface area contributed by atoms with Crippen LogP contribution in [0.1, 0.15) is 11.3 Å². The van der Waals surface area contributed by atoms with Crippen LogP contribution in [0.5, 0.6) is 11.5 Å². The number of fused-ring (bicyclic) bond motifs is 3. The van der Waals surface area contributed by atoms with E-state index in [1.54, 1.807) is 20.4 Å². The molecule has 7 heteroatoms. The first-order chi connectivity index (χ1) is 17.2. The Morgan fingerprint density at radius 2 is 1.89 bits per heavy atom. The maximum Gasteiger partial charge on any atom is 0.225 e. The van der Waals surface area contributed by atoms with Gasteiger partial charge < -0.3 is 24.6 Å². The number of rotatable bonds is 7. The fourth-order valence-corrected chi connectivity index (χ4v) is 5.31. The van der Waals surface area contributed by atoms with Crippen molar-refractivity contribution in [1.29, 1.82) is 0 Å². The molecule has 1 saturated heterocycles. The monoisotopic (exact) mass is 472 g/mol. The summed E-state index contributed by atoms with van der Waals surface area (Å²) in [6, 6.07) is 20.2. The number of nitrogens with one attached hydrogen (secondary N) is 1. The van der Waals surface area contributed by atoms with E-state index in [2.05, 4.69) is 38.3 Å². The molecule has 5 rings (SSSR count). The van der Waals surface area contributed by atoms with E-state index in [1.165, 1.54) is 11.3 Å². The number of carbonyl (C=O) groups excluding carboxylic acids is 1. The predicted octanol–water partition coefficient (Wildman–Crippen LogP) is 3.33. The number of nitrogens with zero attached hydrogens (tertiary/aromatic N) is 3. The number of benzene rings is 2. The molecule has 2 aliphatic rings. The molecule has 1 amide bonds. The summed E-state index contributed by atoms with van der Waals surface area (Å²) in [6.45, 7) is 2.99. The van der Waals surface area contributed by atoms with Gasteiger partial charge in [0.2, 0.25) is 5.91 Å². The van der Waals surface area contributed by atoms with Crippen LogP contribution < -0.4 is 24.6 Å². The lowest BCUT2D eigenvalue weighted by Gasteiger charge is -2.49. The van der Waals surface area contributed by atoms with Crippen LogP contribution in [0.4, 0.5) is 11.4 Å². The van der Waals surface area contributed by atoms with E-state index in [-0.39, 0.29) is 17.9 Å². The first-order valence-electron chi connectivity index (χ1n) is 12.2. The van der Waals surface area contributed by atoms with Crippen molar-refractivity contribution < 1.29 is 14.3 Å². The molecular formula is C28H32N4O3. The zero-order chi connectivity index (χ0) is 24.2. The molecule has 182 valence electrons. The van der Waals surface area contributed by atoms with Crippen LogP contribution in [-0.2, 0) is 17.6 Å². The Labute approximate surface area is 206 Å². The number of para-hydroxylation sites is 2. The minimum Gasteiger partial charge on any atom is -0.497 e. The molecule has 0 unspecified atom stereocenters. The molecule has 1 aromatic heterocycles. The van der Waals surface area contributed by atoms with Gasteiger partial charge in [-0.1, -0.05) is 24.3 Å². The maximum absolute atomic E-state index is 13.5. The molecular weight excluding hydrogens is 440 g/mol. The van der Waals surface area contributed by atoms with Crippen LogP contribution >= 0.6 is 0 Å². The van der Waals surface area contributed by atoms with Crippen molar-refractivity contribution in [3.05, 3.63) is 78.1 Å². The molecule has 0 spiro atoms. The van der Waals surface area contributed by atoms with Gasteiger partial charge >= 0.3 is 0 Å². The van der Waals surface area contributed by atoms with Gasteiger partial charge in [-0.25, -0.2) is 0 Å². The summed E-state index contributed by atoms with van der Waals surface area (Å²) in [7, 11) is 3.40. The van der Waals surface area contributed by atoms with Crippen LogP contribution in [0.15, 0.2) is 66.9 Å².